The van der Waals surface area contributed by atoms with Crippen LogP contribution in [-0.2, 0) is 14.8 Å². The molecule has 2 aromatic carbocycles. The zero-order valence-electron chi connectivity index (χ0n) is 17.0. The Balaban J connectivity index is 1.84. The van der Waals surface area contributed by atoms with Crippen molar-refractivity contribution in [3.05, 3.63) is 35.9 Å². The van der Waals surface area contributed by atoms with Crippen LogP contribution < -0.4 is 19.1 Å². The van der Waals surface area contributed by atoms with Crippen LogP contribution in [0.2, 0.25) is 0 Å². The van der Waals surface area contributed by atoms with Crippen molar-refractivity contribution in [2.75, 3.05) is 52.1 Å². The molecular weight excluding hydrogens is 428 g/mol. The molecule has 0 unspecified atom stereocenters. The standard InChI is InChI=1S/C20H22N2O8S/c1-21(2)31(25,26)19-10-14(20(23)24)15(22-5-7-27-8-6-22)11-18(19)30-13-3-4-16-17(9-13)29-12-28-16/h3-4,9-11H,5-8,12H2,1-2H3,(H,23,24). The fraction of sp³-hybridized carbons (Fsp3) is 0.350. The van der Waals surface area contributed by atoms with Gasteiger partial charge in [0.05, 0.1) is 24.5 Å². The topological polar surface area (TPSA) is 115 Å². The number of carboxylic acids is 1. The highest BCUT2D eigenvalue weighted by Gasteiger charge is 2.29. The molecule has 0 bridgehead atoms. The third-order valence-corrected chi connectivity index (χ3v) is 6.81. The zero-order valence-corrected chi connectivity index (χ0v) is 17.8. The minimum atomic E-state index is -4.00. The van der Waals surface area contributed by atoms with E-state index in [1.165, 1.54) is 20.2 Å². The SMILES string of the molecule is CN(C)S(=O)(=O)c1cc(C(=O)O)c(N2CCOCC2)cc1Oc1ccc2c(c1)OCO2. The number of hydrogen-bond donors (Lipinski definition) is 1. The number of carboxylic acid groups (broad SMARTS) is 1. The molecule has 0 atom stereocenters. The lowest BCUT2D eigenvalue weighted by Gasteiger charge is -2.30. The van der Waals surface area contributed by atoms with Gasteiger partial charge in [-0.05, 0) is 18.2 Å². The first-order valence-corrected chi connectivity index (χ1v) is 11.0. The first-order chi connectivity index (χ1) is 14.8. The third kappa shape index (κ3) is 4.11. The Kier molecular flexibility index (Phi) is 5.65. The van der Waals surface area contributed by atoms with E-state index in [-0.39, 0.29) is 23.0 Å². The van der Waals surface area contributed by atoms with Crippen LogP contribution in [0.4, 0.5) is 5.69 Å². The monoisotopic (exact) mass is 450 g/mol. The molecule has 1 N–H and O–H groups in total. The molecule has 0 aromatic heterocycles. The van der Waals surface area contributed by atoms with Gasteiger partial charge in [0.25, 0.3) is 0 Å². The maximum absolute atomic E-state index is 13.0. The Morgan fingerprint density at radius 2 is 1.81 bits per heavy atom. The van der Waals surface area contributed by atoms with Crippen molar-refractivity contribution in [3.8, 4) is 23.0 Å². The van der Waals surface area contributed by atoms with Crippen molar-refractivity contribution < 1.29 is 37.3 Å². The van der Waals surface area contributed by atoms with Gasteiger partial charge in [0, 0.05) is 39.3 Å². The summed E-state index contributed by atoms with van der Waals surface area (Å²) in [6.45, 7) is 1.92. The number of nitrogens with zero attached hydrogens (tertiary/aromatic N) is 2. The van der Waals surface area contributed by atoms with Crippen LogP contribution in [0.3, 0.4) is 0 Å². The number of benzene rings is 2. The summed E-state index contributed by atoms with van der Waals surface area (Å²) in [6, 6.07) is 7.47. The van der Waals surface area contributed by atoms with Crippen LogP contribution >= 0.6 is 0 Å². The van der Waals surface area contributed by atoms with E-state index in [0.29, 0.717) is 49.2 Å². The average Bonchev–Trinajstić information content (AvgIpc) is 3.21. The second kappa shape index (κ2) is 8.25. The third-order valence-electron chi connectivity index (χ3n) is 4.97. The van der Waals surface area contributed by atoms with E-state index < -0.39 is 16.0 Å². The van der Waals surface area contributed by atoms with E-state index in [1.807, 2.05) is 4.90 Å². The number of sulfonamides is 1. The van der Waals surface area contributed by atoms with Gasteiger partial charge in [-0.25, -0.2) is 17.5 Å². The normalized spacial score (nSPS) is 15.9. The second-order valence-electron chi connectivity index (χ2n) is 7.13. The van der Waals surface area contributed by atoms with Gasteiger partial charge in [-0.1, -0.05) is 0 Å². The van der Waals surface area contributed by atoms with Crippen molar-refractivity contribution in [2.45, 2.75) is 4.90 Å². The number of aromatic carboxylic acids is 1. The molecule has 10 nitrogen and oxygen atoms in total. The molecule has 2 aliphatic rings. The van der Waals surface area contributed by atoms with E-state index in [9.17, 15) is 18.3 Å². The summed E-state index contributed by atoms with van der Waals surface area (Å²) in [4.78, 5) is 13.6. The van der Waals surface area contributed by atoms with Gasteiger partial charge in [0.1, 0.15) is 16.4 Å². The molecule has 2 aliphatic heterocycles. The molecule has 2 heterocycles. The molecule has 0 spiro atoms. The van der Waals surface area contributed by atoms with Gasteiger partial charge in [-0.3, -0.25) is 0 Å². The Morgan fingerprint density at radius 1 is 1.10 bits per heavy atom. The highest BCUT2D eigenvalue weighted by molar-refractivity contribution is 7.89. The van der Waals surface area contributed by atoms with E-state index in [1.54, 1.807) is 18.2 Å². The summed E-state index contributed by atoms with van der Waals surface area (Å²) in [6.07, 6.45) is 0. The fourth-order valence-electron chi connectivity index (χ4n) is 3.33. The van der Waals surface area contributed by atoms with E-state index in [4.69, 9.17) is 18.9 Å². The van der Waals surface area contributed by atoms with Gasteiger partial charge >= 0.3 is 5.97 Å². The van der Waals surface area contributed by atoms with Gasteiger partial charge in [0.15, 0.2) is 11.5 Å². The first-order valence-electron chi connectivity index (χ1n) is 9.51. The minimum absolute atomic E-state index is 0.0130. The molecule has 1 saturated heterocycles. The number of carbonyl (C=O) groups is 1. The van der Waals surface area contributed by atoms with Crippen LogP contribution in [0.5, 0.6) is 23.0 Å². The summed E-state index contributed by atoms with van der Waals surface area (Å²) in [5.41, 5.74) is 0.240. The summed E-state index contributed by atoms with van der Waals surface area (Å²) in [5, 5.41) is 9.77. The average molecular weight is 450 g/mol. The summed E-state index contributed by atoms with van der Waals surface area (Å²) in [5.74, 6) is 0.148. The Hall–Kier alpha value is -3.02. The highest BCUT2D eigenvalue weighted by atomic mass is 32.2. The minimum Gasteiger partial charge on any atom is -0.478 e. The maximum atomic E-state index is 13.0. The molecule has 11 heteroatoms. The molecule has 0 saturated carbocycles. The number of ether oxygens (including phenoxy) is 4. The lowest BCUT2D eigenvalue weighted by Crippen LogP contribution is -2.37. The predicted octanol–water partition coefficient (Wildman–Crippen LogP) is 1.99. The van der Waals surface area contributed by atoms with Crippen LogP contribution in [0.15, 0.2) is 35.2 Å². The van der Waals surface area contributed by atoms with E-state index in [0.717, 1.165) is 10.4 Å². The van der Waals surface area contributed by atoms with Crippen molar-refractivity contribution >= 4 is 21.7 Å². The number of fused-ring (bicyclic) bond motifs is 1. The van der Waals surface area contributed by atoms with Gasteiger partial charge in [-0.2, -0.15) is 0 Å². The van der Waals surface area contributed by atoms with Gasteiger partial charge < -0.3 is 29.0 Å². The second-order valence-corrected chi connectivity index (χ2v) is 9.25. The van der Waals surface area contributed by atoms with Crippen LogP contribution in [0.25, 0.3) is 0 Å². The highest BCUT2D eigenvalue weighted by Crippen LogP contribution is 2.40. The lowest BCUT2D eigenvalue weighted by molar-refractivity contribution is 0.0696. The van der Waals surface area contributed by atoms with E-state index in [2.05, 4.69) is 0 Å². The lowest BCUT2D eigenvalue weighted by atomic mass is 10.1. The molecular formula is C20H22N2O8S. The molecule has 1 fully saturated rings. The number of rotatable bonds is 6. The van der Waals surface area contributed by atoms with Gasteiger partial charge in [0.2, 0.25) is 16.8 Å². The molecule has 0 aliphatic carbocycles. The van der Waals surface area contributed by atoms with Crippen molar-refractivity contribution in [3.63, 3.8) is 0 Å². The zero-order chi connectivity index (χ0) is 22.2. The smallest absolute Gasteiger partial charge is 0.337 e. The predicted molar refractivity (Wildman–Crippen MR) is 110 cm³/mol. The molecule has 2 aromatic rings. The molecule has 4 rings (SSSR count). The van der Waals surface area contributed by atoms with Crippen LogP contribution in [0.1, 0.15) is 10.4 Å². The number of hydrogen-bond acceptors (Lipinski definition) is 8. The van der Waals surface area contributed by atoms with Crippen LogP contribution in [-0.4, -0.2) is 71.0 Å². The molecule has 31 heavy (non-hydrogen) atoms. The molecule has 0 radical (unpaired) electrons. The van der Waals surface area contributed by atoms with Crippen LogP contribution in [0, 0.1) is 0 Å². The first kappa shape index (κ1) is 21.2. The largest absolute Gasteiger partial charge is 0.478 e. The van der Waals surface area contributed by atoms with Crippen molar-refractivity contribution in [1.82, 2.24) is 4.31 Å². The summed E-state index contributed by atoms with van der Waals surface area (Å²) in [7, 11) is -1.25. The molecule has 0 amide bonds. The Labute approximate surface area is 179 Å². The molecule has 166 valence electrons. The Bertz CT molecular complexity index is 1110. The fourth-order valence-corrected chi connectivity index (χ4v) is 4.35. The number of morpholine rings is 1. The number of anilines is 1. The van der Waals surface area contributed by atoms with E-state index >= 15 is 0 Å². The summed E-state index contributed by atoms with van der Waals surface area (Å²) >= 11 is 0. The maximum Gasteiger partial charge on any atom is 0.337 e. The summed E-state index contributed by atoms with van der Waals surface area (Å²) < 4.78 is 48.9. The van der Waals surface area contributed by atoms with Crippen molar-refractivity contribution in [2.24, 2.45) is 0 Å². The van der Waals surface area contributed by atoms with Crippen molar-refractivity contribution in [1.29, 1.82) is 0 Å². The quantitative estimate of drug-likeness (QED) is 0.705. The Morgan fingerprint density at radius 3 is 2.48 bits per heavy atom. The van der Waals surface area contributed by atoms with Gasteiger partial charge in [-0.15, -0.1) is 0 Å².